The smallest absolute Gasteiger partial charge is 0.255 e. The summed E-state index contributed by atoms with van der Waals surface area (Å²) in [5.74, 6) is 0.633. The van der Waals surface area contributed by atoms with Crippen LogP contribution in [0.5, 0.6) is 5.88 Å². The molecule has 1 aromatic rings. The molecule has 1 atom stereocenters. The van der Waals surface area contributed by atoms with Crippen LogP contribution in [-0.4, -0.2) is 35.5 Å². The Labute approximate surface area is 108 Å². The summed E-state index contributed by atoms with van der Waals surface area (Å²) in [7, 11) is 1.57. The van der Waals surface area contributed by atoms with Crippen molar-refractivity contribution in [2.75, 3.05) is 13.7 Å². The molecule has 0 radical (unpaired) electrons. The van der Waals surface area contributed by atoms with Crippen molar-refractivity contribution >= 4 is 5.91 Å². The lowest BCUT2D eigenvalue weighted by Gasteiger charge is -2.35. The fourth-order valence-corrected chi connectivity index (χ4v) is 2.49. The van der Waals surface area contributed by atoms with Crippen molar-refractivity contribution in [1.29, 1.82) is 0 Å². The first-order valence-electron chi connectivity index (χ1n) is 6.57. The molecule has 1 fully saturated rings. The normalized spacial score (nSPS) is 19.7. The van der Waals surface area contributed by atoms with E-state index in [9.17, 15) is 4.79 Å². The van der Waals surface area contributed by atoms with Gasteiger partial charge in [0.25, 0.3) is 5.91 Å². The molecule has 98 valence electrons. The van der Waals surface area contributed by atoms with Crippen molar-refractivity contribution in [3.63, 3.8) is 0 Å². The molecule has 2 heterocycles. The lowest BCUT2D eigenvalue weighted by molar-refractivity contribution is 0.0607. The molecule has 1 aliphatic rings. The minimum absolute atomic E-state index is 0.0942. The second kappa shape index (κ2) is 5.85. The van der Waals surface area contributed by atoms with E-state index in [0.29, 0.717) is 17.5 Å². The van der Waals surface area contributed by atoms with Gasteiger partial charge in [-0.2, -0.15) is 0 Å². The predicted molar refractivity (Wildman–Crippen MR) is 69.8 cm³/mol. The summed E-state index contributed by atoms with van der Waals surface area (Å²) in [6.45, 7) is 3.01. The van der Waals surface area contributed by atoms with Crippen LogP contribution in [-0.2, 0) is 0 Å². The Morgan fingerprint density at radius 1 is 1.50 bits per heavy atom. The van der Waals surface area contributed by atoms with Crippen LogP contribution in [0.15, 0.2) is 18.3 Å². The van der Waals surface area contributed by atoms with E-state index in [1.807, 2.05) is 4.90 Å². The maximum absolute atomic E-state index is 12.4. The molecule has 0 N–H and O–H groups in total. The average Bonchev–Trinajstić information content (AvgIpc) is 2.46. The highest BCUT2D eigenvalue weighted by atomic mass is 16.5. The Morgan fingerprint density at radius 2 is 2.33 bits per heavy atom. The van der Waals surface area contributed by atoms with Crippen LogP contribution in [0.2, 0.25) is 0 Å². The van der Waals surface area contributed by atoms with E-state index >= 15 is 0 Å². The predicted octanol–water partition coefficient (Wildman–Crippen LogP) is 2.49. The van der Waals surface area contributed by atoms with Crippen LogP contribution in [0, 0.1) is 0 Å². The minimum Gasteiger partial charge on any atom is -0.481 e. The van der Waals surface area contributed by atoms with Gasteiger partial charge in [-0.3, -0.25) is 4.79 Å². The summed E-state index contributed by atoms with van der Waals surface area (Å²) in [6, 6.07) is 3.90. The second-order valence-corrected chi connectivity index (χ2v) is 4.65. The average molecular weight is 248 g/mol. The Balaban J connectivity index is 2.13. The largest absolute Gasteiger partial charge is 0.481 e. The first-order chi connectivity index (χ1) is 8.76. The molecule has 0 bridgehead atoms. The second-order valence-electron chi connectivity index (χ2n) is 4.65. The van der Waals surface area contributed by atoms with Gasteiger partial charge in [0.1, 0.15) is 0 Å². The molecule has 18 heavy (non-hydrogen) atoms. The van der Waals surface area contributed by atoms with Gasteiger partial charge in [-0.25, -0.2) is 4.98 Å². The number of amides is 1. The Bertz CT molecular complexity index is 403. The fourth-order valence-electron chi connectivity index (χ4n) is 2.49. The summed E-state index contributed by atoms with van der Waals surface area (Å²) < 4.78 is 5.00. The molecule has 1 saturated heterocycles. The number of ether oxygens (including phenoxy) is 1. The first-order valence-corrected chi connectivity index (χ1v) is 6.57. The summed E-state index contributed by atoms with van der Waals surface area (Å²) in [6.07, 6.45) is 6.07. The van der Waals surface area contributed by atoms with Crippen molar-refractivity contribution in [1.82, 2.24) is 9.88 Å². The highest BCUT2D eigenvalue weighted by Gasteiger charge is 2.26. The Morgan fingerprint density at radius 3 is 2.94 bits per heavy atom. The van der Waals surface area contributed by atoms with Gasteiger partial charge in [-0.05, 0) is 31.7 Å². The molecule has 4 nitrogen and oxygen atoms in total. The van der Waals surface area contributed by atoms with E-state index in [2.05, 4.69) is 11.9 Å². The van der Waals surface area contributed by atoms with Gasteiger partial charge in [-0.1, -0.05) is 6.92 Å². The van der Waals surface area contributed by atoms with Crippen molar-refractivity contribution < 1.29 is 9.53 Å². The number of piperidine rings is 1. The monoisotopic (exact) mass is 248 g/mol. The summed E-state index contributed by atoms with van der Waals surface area (Å²) in [4.78, 5) is 18.5. The quantitative estimate of drug-likeness (QED) is 0.825. The zero-order chi connectivity index (χ0) is 13.0. The van der Waals surface area contributed by atoms with Crippen LogP contribution in [0.4, 0.5) is 0 Å². The van der Waals surface area contributed by atoms with E-state index in [-0.39, 0.29) is 5.91 Å². The summed E-state index contributed by atoms with van der Waals surface area (Å²) >= 11 is 0. The molecule has 4 heteroatoms. The number of pyridine rings is 1. The molecular weight excluding hydrogens is 228 g/mol. The van der Waals surface area contributed by atoms with E-state index in [1.165, 1.54) is 6.42 Å². The van der Waals surface area contributed by atoms with Crippen molar-refractivity contribution in [3.8, 4) is 5.88 Å². The number of hydrogen-bond donors (Lipinski definition) is 0. The highest BCUT2D eigenvalue weighted by molar-refractivity contribution is 5.94. The topological polar surface area (TPSA) is 42.4 Å². The van der Waals surface area contributed by atoms with Gasteiger partial charge < -0.3 is 9.64 Å². The van der Waals surface area contributed by atoms with Gasteiger partial charge in [0.2, 0.25) is 5.88 Å². The summed E-state index contributed by atoms with van der Waals surface area (Å²) in [5.41, 5.74) is 0.649. The molecule has 1 aliphatic heterocycles. The molecular formula is C14H20N2O2. The number of nitrogens with zero attached hydrogens (tertiary/aromatic N) is 2. The first kappa shape index (κ1) is 12.9. The van der Waals surface area contributed by atoms with Crippen molar-refractivity contribution in [2.24, 2.45) is 0 Å². The van der Waals surface area contributed by atoms with Crippen LogP contribution in [0.3, 0.4) is 0 Å². The van der Waals surface area contributed by atoms with E-state index < -0.39 is 0 Å². The van der Waals surface area contributed by atoms with Crippen LogP contribution in [0.25, 0.3) is 0 Å². The zero-order valence-electron chi connectivity index (χ0n) is 11.1. The van der Waals surface area contributed by atoms with E-state index in [4.69, 9.17) is 4.74 Å². The van der Waals surface area contributed by atoms with E-state index in [1.54, 1.807) is 25.4 Å². The molecule has 0 saturated carbocycles. The van der Waals surface area contributed by atoms with E-state index in [0.717, 1.165) is 25.8 Å². The SMILES string of the molecule is CCC1CCCCN1C(=O)c1ccc(OC)nc1. The molecule has 0 aromatic carbocycles. The minimum atomic E-state index is 0.0942. The Kier molecular flexibility index (Phi) is 4.18. The highest BCUT2D eigenvalue weighted by Crippen LogP contribution is 2.21. The molecule has 1 amide bonds. The molecule has 1 unspecified atom stereocenters. The standard InChI is InChI=1S/C14H20N2O2/c1-3-12-6-4-5-9-16(12)14(17)11-7-8-13(18-2)15-10-11/h7-8,10,12H,3-6,9H2,1-2H3. The number of methoxy groups -OCH3 is 1. The molecule has 1 aromatic heterocycles. The van der Waals surface area contributed by atoms with Gasteiger partial charge in [0.15, 0.2) is 0 Å². The lowest BCUT2D eigenvalue weighted by Crippen LogP contribution is -2.43. The third kappa shape index (κ3) is 2.63. The lowest BCUT2D eigenvalue weighted by atomic mass is 9.99. The molecule has 2 rings (SSSR count). The van der Waals surface area contributed by atoms with Gasteiger partial charge in [-0.15, -0.1) is 0 Å². The third-order valence-corrected chi connectivity index (χ3v) is 3.55. The number of rotatable bonds is 3. The maximum Gasteiger partial charge on any atom is 0.255 e. The van der Waals surface area contributed by atoms with Crippen molar-refractivity contribution in [3.05, 3.63) is 23.9 Å². The van der Waals surface area contributed by atoms with Gasteiger partial charge in [0, 0.05) is 24.8 Å². The number of carbonyl (C=O) groups excluding carboxylic acids is 1. The zero-order valence-corrected chi connectivity index (χ0v) is 11.1. The fraction of sp³-hybridized carbons (Fsp3) is 0.571. The number of aromatic nitrogens is 1. The van der Waals surface area contributed by atoms with Crippen LogP contribution < -0.4 is 4.74 Å². The summed E-state index contributed by atoms with van der Waals surface area (Å²) in [5, 5.41) is 0. The van der Waals surface area contributed by atoms with Crippen LogP contribution >= 0.6 is 0 Å². The molecule has 0 spiro atoms. The maximum atomic E-state index is 12.4. The van der Waals surface area contributed by atoms with Crippen LogP contribution in [0.1, 0.15) is 43.0 Å². The molecule has 0 aliphatic carbocycles. The number of carbonyl (C=O) groups is 1. The Hall–Kier alpha value is -1.58. The number of likely N-dealkylation sites (tertiary alicyclic amines) is 1. The number of hydrogen-bond acceptors (Lipinski definition) is 3. The van der Waals surface area contributed by atoms with Gasteiger partial charge >= 0.3 is 0 Å². The van der Waals surface area contributed by atoms with Gasteiger partial charge in [0.05, 0.1) is 12.7 Å². The van der Waals surface area contributed by atoms with Crippen molar-refractivity contribution in [2.45, 2.75) is 38.6 Å². The third-order valence-electron chi connectivity index (χ3n) is 3.55.